The lowest BCUT2D eigenvalue weighted by Crippen LogP contribution is -2.24. The first-order valence-corrected chi connectivity index (χ1v) is 4.49. The van der Waals surface area contributed by atoms with Crippen LogP contribution in [0.3, 0.4) is 0 Å². The summed E-state index contributed by atoms with van der Waals surface area (Å²) in [6.45, 7) is 6.89. The highest BCUT2D eigenvalue weighted by molar-refractivity contribution is 14.0. The predicted molar refractivity (Wildman–Crippen MR) is 62.7 cm³/mol. The average molecular weight is 271 g/mol. The molecule has 1 aliphatic heterocycles. The largest absolute Gasteiger partial charge is 0.306 e. The first-order chi connectivity index (χ1) is 4.81. The molecule has 0 atom stereocenters. The van der Waals surface area contributed by atoms with Gasteiger partial charge in [0.15, 0.2) is 0 Å². The summed E-state index contributed by atoms with van der Waals surface area (Å²) in [6, 6.07) is 0. The predicted octanol–water partition coefficient (Wildman–Crippen LogP) is 3.14. The Kier molecular flexibility index (Phi) is 13.8. The Morgan fingerprint density at radius 1 is 1.00 bits per heavy atom. The van der Waals surface area contributed by atoms with Gasteiger partial charge in [0.25, 0.3) is 0 Å². The quantitative estimate of drug-likeness (QED) is 0.612. The minimum atomic E-state index is 0. The molecule has 0 aromatic carbocycles. The summed E-state index contributed by atoms with van der Waals surface area (Å²) >= 11 is 0. The van der Waals surface area contributed by atoms with Crippen molar-refractivity contribution >= 4 is 24.0 Å². The molecule has 0 unspecified atom stereocenters. The van der Waals surface area contributed by atoms with Crippen LogP contribution in [-0.4, -0.2) is 25.0 Å². The standard InChI is InChI=1S/C6H13N.C3H8.HI/c1-7-5-3-2-4-6-7;1-3-2;/h2-6H2,1H3;3H2,1-2H3;1H. The molecule has 1 aliphatic rings. The van der Waals surface area contributed by atoms with E-state index in [9.17, 15) is 0 Å². The van der Waals surface area contributed by atoms with E-state index in [2.05, 4.69) is 25.8 Å². The van der Waals surface area contributed by atoms with Crippen LogP contribution in [0, 0.1) is 0 Å². The van der Waals surface area contributed by atoms with Crippen LogP contribution in [0.2, 0.25) is 0 Å². The molecule has 11 heavy (non-hydrogen) atoms. The van der Waals surface area contributed by atoms with E-state index in [0.717, 1.165) is 0 Å². The summed E-state index contributed by atoms with van der Waals surface area (Å²) in [6.07, 6.45) is 5.53. The second-order valence-corrected chi connectivity index (χ2v) is 3.07. The average Bonchev–Trinajstić information content (AvgIpc) is 1.91. The van der Waals surface area contributed by atoms with Gasteiger partial charge in [-0.25, -0.2) is 0 Å². The zero-order chi connectivity index (χ0) is 7.82. The maximum Gasteiger partial charge on any atom is -0.00218 e. The Morgan fingerprint density at radius 3 is 1.55 bits per heavy atom. The zero-order valence-corrected chi connectivity index (χ0v) is 10.4. The van der Waals surface area contributed by atoms with E-state index in [-0.39, 0.29) is 24.0 Å². The molecule has 0 radical (unpaired) electrons. The van der Waals surface area contributed by atoms with Crippen LogP contribution < -0.4 is 0 Å². The zero-order valence-electron chi connectivity index (χ0n) is 8.10. The topological polar surface area (TPSA) is 3.24 Å². The number of nitrogens with zero attached hydrogens (tertiary/aromatic N) is 1. The van der Waals surface area contributed by atoms with E-state index in [4.69, 9.17) is 0 Å². The Balaban J connectivity index is 0. The maximum atomic E-state index is 2.39. The van der Waals surface area contributed by atoms with Gasteiger partial charge < -0.3 is 4.90 Å². The molecule has 0 spiro atoms. The van der Waals surface area contributed by atoms with Gasteiger partial charge >= 0.3 is 0 Å². The van der Waals surface area contributed by atoms with Crippen LogP contribution >= 0.6 is 24.0 Å². The van der Waals surface area contributed by atoms with Gasteiger partial charge in [-0.15, -0.1) is 24.0 Å². The maximum absolute atomic E-state index is 2.39. The van der Waals surface area contributed by atoms with Gasteiger partial charge in [-0.05, 0) is 33.0 Å². The Bertz CT molecular complexity index is 60.6. The number of hydrogen-bond donors (Lipinski definition) is 0. The van der Waals surface area contributed by atoms with E-state index < -0.39 is 0 Å². The third-order valence-electron chi connectivity index (χ3n) is 1.58. The number of likely N-dealkylation sites (tertiary alicyclic amines) is 1. The minimum absolute atomic E-state index is 0. The number of halogens is 1. The van der Waals surface area contributed by atoms with Crippen molar-refractivity contribution < 1.29 is 0 Å². The lowest BCUT2D eigenvalue weighted by atomic mass is 10.1. The van der Waals surface area contributed by atoms with E-state index in [1.165, 1.54) is 38.8 Å². The van der Waals surface area contributed by atoms with Crippen molar-refractivity contribution in [2.24, 2.45) is 0 Å². The van der Waals surface area contributed by atoms with Gasteiger partial charge in [-0.2, -0.15) is 0 Å². The molecule has 2 heteroatoms. The van der Waals surface area contributed by atoms with Crippen LogP contribution in [0.5, 0.6) is 0 Å². The molecule has 0 saturated carbocycles. The molecule has 1 rings (SSSR count). The highest BCUT2D eigenvalue weighted by Crippen LogP contribution is 2.04. The number of hydrogen-bond acceptors (Lipinski definition) is 1. The van der Waals surface area contributed by atoms with Gasteiger partial charge in [0.2, 0.25) is 0 Å². The normalized spacial score (nSPS) is 17.7. The third-order valence-corrected chi connectivity index (χ3v) is 1.58. The van der Waals surface area contributed by atoms with Crippen LogP contribution in [0.25, 0.3) is 0 Å². The molecule has 0 aliphatic carbocycles. The van der Waals surface area contributed by atoms with Crippen molar-refractivity contribution in [3.05, 3.63) is 0 Å². The Hall–Kier alpha value is 0.690. The van der Waals surface area contributed by atoms with E-state index in [1.807, 2.05) is 0 Å². The van der Waals surface area contributed by atoms with E-state index in [0.29, 0.717) is 0 Å². The highest BCUT2D eigenvalue weighted by atomic mass is 127. The molecular formula is C9H22IN. The molecule has 0 aromatic heterocycles. The van der Waals surface area contributed by atoms with Gasteiger partial charge in [-0.3, -0.25) is 0 Å². The van der Waals surface area contributed by atoms with Gasteiger partial charge in [0.1, 0.15) is 0 Å². The minimum Gasteiger partial charge on any atom is -0.306 e. The lowest BCUT2D eigenvalue weighted by molar-refractivity contribution is 0.277. The highest BCUT2D eigenvalue weighted by Gasteiger charge is 2.02. The smallest absolute Gasteiger partial charge is 0.00218 e. The molecule has 0 amide bonds. The molecule has 0 bridgehead atoms. The van der Waals surface area contributed by atoms with Crippen molar-refractivity contribution in [1.82, 2.24) is 4.90 Å². The molecule has 0 aromatic rings. The van der Waals surface area contributed by atoms with Crippen molar-refractivity contribution in [2.75, 3.05) is 20.1 Å². The Morgan fingerprint density at radius 2 is 1.36 bits per heavy atom. The molecule has 0 N–H and O–H groups in total. The second-order valence-electron chi connectivity index (χ2n) is 3.07. The number of rotatable bonds is 0. The summed E-state index contributed by atoms with van der Waals surface area (Å²) in [5, 5.41) is 0. The number of piperidine rings is 1. The third kappa shape index (κ3) is 10.7. The molecule has 1 fully saturated rings. The van der Waals surface area contributed by atoms with Crippen molar-refractivity contribution in [3.63, 3.8) is 0 Å². The fourth-order valence-corrected chi connectivity index (χ4v) is 1.05. The second kappa shape index (κ2) is 10.7. The monoisotopic (exact) mass is 271 g/mol. The first kappa shape index (κ1) is 14.2. The van der Waals surface area contributed by atoms with Crippen LogP contribution in [0.15, 0.2) is 0 Å². The summed E-state index contributed by atoms with van der Waals surface area (Å²) in [4.78, 5) is 2.39. The van der Waals surface area contributed by atoms with Crippen LogP contribution in [-0.2, 0) is 0 Å². The SMILES string of the molecule is CCC.CN1CCCCC1.I. The van der Waals surface area contributed by atoms with Crippen molar-refractivity contribution in [2.45, 2.75) is 39.5 Å². The summed E-state index contributed by atoms with van der Waals surface area (Å²) < 4.78 is 0. The van der Waals surface area contributed by atoms with E-state index in [1.54, 1.807) is 0 Å². The van der Waals surface area contributed by atoms with Gasteiger partial charge in [0, 0.05) is 0 Å². The molecule has 1 nitrogen and oxygen atoms in total. The summed E-state index contributed by atoms with van der Waals surface area (Å²) in [7, 11) is 2.19. The molecule has 1 heterocycles. The fraction of sp³-hybridized carbons (Fsp3) is 1.00. The lowest BCUT2D eigenvalue weighted by Gasteiger charge is -2.20. The van der Waals surface area contributed by atoms with Crippen LogP contribution in [0.1, 0.15) is 39.5 Å². The molecular weight excluding hydrogens is 249 g/mol. The Labute approximate surface area is 88.6 Å². The molecule has 1 saturated heterocycles. The summed E-state index contributed by atoms with van der Waals surface area (Å²) in [5.74, 6) is 0. The molecule has 70 valence electrons. The first-order valence-electron chi connectivity index (χ1n) is 4.49. The van der Waals surface area contributed by atoms with Crippen molar-refractivity contribution in [3.8, 4) is 0 Å². The van der Waals surface area contributed by atoms with E-state index >= 15 is 0 Å². The summed E-state index contributed by atoms with van der Waals surface area (Å²) in [5.41, 5.74) is 0. The fourth-order valence-electron chi connectivity index (χ4n) is 1.05. The van der Waals surface area contributed by atoms with Crippen molar-refractivity contribution in [1.29, 1.82) is 0 Å². The van der Waals surface area contributed by atoms with Gasteiger partial charge in [-0.1, -0.05) is 26.7 Å². The van der Waals surface area contributed by atoms with Crippen LogP contribution in [0.4, 0.5) is 0 Å². The van der Waals surface area contributed by atoms with Gasteiger partial charge in [0.05, 0.1) is 0 Å².